The van der Waals surface area contributed by atoms with Gasteiger partial charge in [-0.3, -0.25) is 0 Å². The van der Waals surface area contributed by atoms with Gasteiger partial charge in [-0.25, -0.2) is 4.79 Å². The van der Waals surface area contributed by atoms with E-state index in [0.29, 0.717) is 41.9 Å². The molecule has 0 amide bonds. The Balaban J connectivity index is 1.71. The highest BCUT2D eigenvalue weighted by Crippen LogP contribution is 2.38. The lowest BCUT2D eigenvalue weighted by atomic mass is 10.2. The van der Waals surface area contributed by atoms with Gasteiger partial charge in [-0.05, 0) is 31.2 Å². The normalized spacial score (nSPS) is 10.5. The minimum Gasteiger partial charge on any atom is -0.493 e. The number of thiophene rings is 1. The number of para-hydroxylation sites is 2. The second-order valence-electron chi connectivity index (χ2n) is 5.32. The second kappa shape index (κ2) is 8.58. The average Bonchev–Trinajstić information content (AvgIpc) is 3.04. The van der Waals surface area contributed by atoms with Crippen LogP contribution in [-0.2, 0) is 4.74 Å². The van der Waals surface area contributed by atoms with Gasteiger partial charge in [0.25, 0.3) is 0 Å². The van der Waals surface area contributed by atoms with Gasteiger partial charge in [-0.15, -0.1) is 11.3 Å². The summed E-state index contributed by atoms with van der Waals surface area (Å²) in [5.41, 5.74) is 0. The lowest BCUT2D eigenvalue weighted by Crippen LogP contribution is -2.11. The molecule has 2 aromatic carbocycles. The first-order valence-corrected chi connectivity index (χ1v) is 9.13. The molecule has 0 atom stereocenters. The van der Waals surface area contributed by atoms with Crippen LogP contribution < -0.4 is 14.2 Å². The van der Waals surface area contributed by atoms with Gasteiger partial charge in [0.2, 0.25) is 0 Å². The lowest BCUT2D eigenvalue weighted by Gasteiger charge is -2.11. The van der Waals surface area contributed by atoms with Crippen molar-refractivity contribution in [2.24, 2.45) is 0 Å². The van der Waals surface area contributed by atoms with Crippen molar-refractivity contribution in [3.63, 3.8) is 0 Å². The molecule has 0 saturated heterocycles. The zero-order valence-electron chi connectivity index (χ0n) is 14.7. The lowest BCUT2D eigenvalue weighted by molar-refractivity contribution is 0.0527. The Morgan fingerprint density at radius 1 is 0.962 bits per heavy atom. The largest absolute Gasteiger partial charge is 0.493 e. The van der Waals surface area contributed by atoms with E-state index in [1.165, 1.54) is 11.3 Å². The first-order valence-electron chi connectivity index (χ1n) is 8.31. The molecule has 1 aromatic heterocycles. The molecule has 0 aliphatic heterocycles. The second-order valence-corrected chi connectivity index (χ2v) is 6.38. The standard InChI is InChI=1S/C20H20O5S/c1-3-23-20(21)19-18(14-8-4-7-11-17(14)26-19)25-13-12-24-16-10-6-5-9-15(16)22-2/h4-11H,3,12-13H2,1-2H3. The van der Waals surface area contributed by atoms with Gasteiger partial charge >= 0.3 is 5.97 Å². The third-order valence-corrected chi connectivity index (χ3v) is 4.80. The van der Waals surface area contributed by atoms with E-state index in [1.807, 2.05) is 48.5 Å². The number of methoxy groups -OCH3 is 1. The van der Waals surface area contributed by atoms with Crippen LogP contribution in [0, 0.1) is 0 Å². The molecule has 0 saturated carbocycles. The summed E-state index contributed by atoms with van der Waals surface area (Å²) in [6, 6.07) is 15.2. The van der Waals surface area contributed by atoms with Crippen molar-refractivity contribution in [1.82, 2.24) is 0 Å². The van der Waals surface area contributed by atoms with Crippen LogP contribution in [0.25, 0.3) is 10.1 Å². The topological polar surface area (TPSA) is 54.0 Å². The van der Waals surface area contributed by atoms with E-state index in [4.69, 9.17) is 18.9 Å². The number of carbonyl (C=O) groups is 1. The predicted molar refractivity (Wildman–Crippen MR) is 102 cm³/mol. The number of fused-ring (bicyclic) bond motifs is 1. The summed E-state index contributed by atoms with van der Waals surface area (Å²) in [6.45, 7) is 2.73. The summed E-state index contributed by atoms with van der Waals surface area (Å²) >= 11 is 1.37. The number of carbonyl (C=O) groups excluding carboxylic acids is 1. The molecule has 0 fully saturated rings. The smallest absolute Gasteiger partial charge is 0.352 e. The summed E-state index contributed by atoms with van der Waals surface area (Å²) in [7, 11) is 1.60. The molecular formula is C20H20O5S. The zero-order valence-corrected chi connectivity index (χ0v) is 15.5. The summed E-state index contributed by atoms with van der Waals surface area (Å²) in [5, 5.41) is 0.901. The van der Waals surface area contributed by atoms with Crippen molar-refractivity contribution in [3.8, 4) is 17.2 Å². The molecule has 0 bridgehead atoms. The van der Waals surface area contributed by atoms with Gasteiger partial charge in [-0.1, -0.05) is 24.3 Å². The van der Waals surface area contributed by atoms with E-state index in [1.54, 1.807) is 14.0 Å². The summed E-state index contributed by atoms with van der Waals surface area (Å²) in [5.74, 6) is 1.50. The van der Waals surface area contributed by atoms with Crippen molar-refractivity contribution in [3.05, 3.63) is 53.4 Å². The molecule has 1 heterocycles. The SMILES string of the molecule is CCOC(=O)c1sc2ccccc2c1OCCOc1ccccc1OC. The maximum atomic E-state index is 12.2. The maximum Gasteiger partial charge on any atom is 0.352 e. The summed E-state index contributed by atoms with van der Waals surface area (Å²) in [4.78, 5) is 12.7. The fourth-order valence-corrected chi connectivity index (χ4v) is 3.57. The highest BCUT2D eigenvalue weighted by Gasteiger charge is 2.20. The first-order chi connectivity index (χ1) is 12.7. The Morgan fingerprint density at radius 2 is 1.65 bits per heavy atom. The Morgan fingerprint density at radius 3 is 2.42 bits per heavy atom. The Bertz CT molecular complexity index is 887. The average molecular weight is 372 g/mol. The minimum atomic E-state index is -0.366. The number of hydrogen-bond donors (Lipinski definition) is 0. The van der Waals surface area contributed by atoms with Gasteiger partial charge in [0.1, 0.15) is 13.2 Å². The van der Waals surface area contributed by atoms with Crippen LogP contribution in [0.4, 0.5) is 0 Å². The van der Waals surface area contributed by atoms with Gasteiger partial charge in [-0.2, -0.15) is 0 Å². The van der Waals surface area contributed by atoms with Crippen LogP contribution in [0.15, 0.2) is 48.5 Å². The number of benzene rings is 2. The van der Waals surface area contributed by atoms with Crippen LogP contribution in [0.5, 0.6) is 17.2 Å². The predicted octanol–water partition coefficient (Wildman–Crippen LogP) is 4.54. The minimum absolute atomic E-state index is 0.297. The number of ether oxygens (including phenoxy) is 4. The molecule has 5 nitrogen and oxygen atoms in total. The Hall–Kier alpha value is -2.73. The van der Waals surface area contributed by atoms with E-state index in [2.05, 4.69) is 0 Å². The molecule has 136 valence electrons. The highest BCUT2D eigenvalue weighted by atomic mass is 32.1. The van der Waals surface area contributed by atoms with Crippen molar-refractivity contribution < 1.29 is 23.7 Å². The van der Waals surface area contributed by atoms with E-state index >= 15 is 0 Å². The van der Waals surface area contributed by atoms with Crippen LogP contribution in [0.1, 0.15) is 16.6 Å². The molecule has 0 spiro atoms. The van der Waals surface area contributed by atoms with Crippen LogP contribution >= 0.6 is 11.3 Å². The third-order valence-electron chi connectivity index (χ3n) is 3.67. The quantitative estimate of drug-likeness (QED) is 0.429. The van der Waals surface area contributed by atoms with E-state index in [9.17, 15) is 4.79 Å². The molecule has 0 radical (unpaired) electrons. The third kappa shape index (κ3) is 3.91. The number of hydrogen-bond acceptors (Lipinski definition) is 6. The van der Waals surface area contributed by atoms with Gasteiger partial charge in [0.05, 0.1) is 13.7 Å². The van der Waals surface area contributed by atoms with Crippen LogP contribution in [0.3, 0.4) is 0 Å². The molecule has 0 unspecified atom stereocenters. The first kappa shape index (κ1) is 18.1. The number of rotatable bonds is 8. The van der Waals surface area contributed by atoms with Gasteiger partial charge in [0.15, 0.2) is 22.1 Å². The van der Waals surface area contributed by atoms with Gasteiger partial charge < -0.3 is 18.9 Å². The van der Waals surface area contributed by atoms with Crippen LogP contribution in [-0.4, -0.2) is 32.9 Å². The molecule has 0 aliphatic carbocycles. The van der Waals surface area contributed by atoms with Crippen molar-refractivity contribution >= 4 is 27.4 Å². The molecule has 3 rings (SSSR count). The Labute approximate surface area is 156 Å². The maximum absolute atomic E-state index is 12.2. The number of esters is 1. The van der Waals surface area contributed by atoms with E-state index in [0.717, 1.165) is 10.1 Å². The molecule has 26 heavy (non-hydrogen) atoms. The van der Waals surface area contributed by atoms with Gasteiger partial charge in [0, 0.05) is 10.1 Å². The van der Waals surface area contributed by atoms with Crippen molar-refractivity contribution in [2.45, 2.75) is 6.92 Å². The fraction of sp³-hybridized carbons (Fsp3) is 0.250. The molecule has 0 aliphatic rings. The van der Waals surface area contributed by atoms with E-state index in [-0.39, 0.29) is 5.97 Å². The molecule has 0 N–H and O–H groups in total. The summed E-state index contributed by atoms with van der Waals surface area (Å²) in [6.07, 6.45) is 0. The van der Waals surface area contributed by atoms with Crippen molar-refractivity contribution in [2.75, 3.05) is 26.9 Å². The van der Waals surface area contributed by atoms with Crippen LogP contribution in [0.2, 0.25) is 0 Å². The van der Waals surface area contributed by atoms with E-state index < -0.39 is 0 Å². The Kier molecular flexibility index (Phi) is 5.96. The monoisotopic (exact) mass is 372 g/mol. The fourth-order valence-electron chi connectivity index (χ4n) is 2.53. The molecule has 3 aromatic rings. The summed E-state index contributed by atoms with van der Waals surface area (Å²) < 4.78 is 23.0. The molecule has 6 heteroatoms. The van der Waals surface area contributed by atoms with Crippen molar-refractivity contribution in [1.29, 1.82) is 0 Å². The highest BCUT2D eigenvalue weighted by molar-refractivity contribution is 7.21. The molecular weight excluding hydrogens is 352 g/mol. The zero-order chi connectivity index (χ0) is 18.4.